The number of nitrogens with zero attached hydrogens (tertiary/aromatic N) is 1. The lowest BCUT2D eigenvalue weighted by molar-refractivity contribution is -0.134. The van der Waals surface area contributed by atoms with Gasteiger partial charge in [-0.1, -0.05) is 30.3 Å². The molecule has 2 aromatic carbocycles. The van der Waals surface area contributed by atoms with Crippen LogP contribution < -0.4 is 9.47 Å². The third-order valence-corrected chi connectivity index (χ3v) is 4.19. The van der Waals surface area contributed by atoms with Crippen LogP contribution in [0.1, 0.15) is 16.1 Å². The molecule has 0 saturated carbocycles. The predicted octanol–water partition coefficient (Wildman–Crippen LogP) is 3.55. The van der Waals surface area contributed by atoms with E-state index < -0.39 is 5.97 Å². The van der Waals surface area contributed by atoms with Crippen molar-refractivity contribution in [2.75, 3.05) is 26.9 Å². The van der Waals surface area contributed by atoms with Crippen molar-refractivity contribution < 1.29 is 28.2 Å². The minimum Gasteiger partial charge on any atom is -0.490 e. The van der Waals surface area contributed by atoms with E-state index in [-0.39, 0.29) is 24.7 Å². The van der Waals surface area contributed by atoms with Gasteiger partial charge in [-0.15, -0.1) is 0 Å². The summed E-state index contributed by atoms with van der Waals surface area (Å²) in [6.45, 7) is 0.499. The Morgan fingerprint density at radius 3 is 2.40 bits per heavy atom. The Kier molecular flexibility index (Phi) is 7.49. The zero-order valence-corrected chi connectivity index (χ0v) is 16.7. The van der Waals surface area contributed by atoms with E-state index in [9.17, 15) is 9.59 Å². The van der Waals surface area contributed by atoms with Crippen molar-refractivity contribution in [2.24, 2.45) is 0 Å². The van der Waals surface area contributed by atoms with Crippen molar-refractivity contribution >= 4 is 11.9 Å². The number of benzene rings is 2. The molecule has 0 unspecified atom stereocenters. The van der Waals surface area contributed by atoms with E-state index in [4.69, 9.17) is 18.6 Å². The molecule has 30 heavy (non-hydrogen) atoms. The number of rotatable bonds is 10. The molecule has 0 aliphatic heterocycles. The monoisotopic (exact) mass is 409 g/mol. The Morgan fingerprint density at radius 1 is 0.900 bits per heavy atom. The first-order valence-electron chi connectivity index (χ1n) is 9.46. The Morgan fingerprint density at radius 2 is 1.63 bits per heavy atom. The molecule has 0 aliphatic rings. The maximum Gasteiger partial charge on any atom is 0.342 e. The molecule has 3 rings (SSSR count). The molecule has 3 aromatic rings. The average molecular weight is 409 g/mol. The average Bonchev–Trinajstić information content (AvgIpc) is 3.29. The first kappa shape index (κ1) is 21.0. The molecular weight excluding hydrogens is 386 g/mol. The first-order chi connectivity index (χ1) is 14.6. The first-order valence-corrected chi connectivity index (χ1v) is 9.46. The van der Waals surface area contributed by atoms with Crippen LogP contribution >= 0.6 is 0 Å². The van der Waals surface area contributed by atoms with Gasteiger partial charge in [0.05, 0.1) is 12.8 Å². The molecule has 0 saturated heterocycles. The fraction of sp³-hybridized carbons (Fsp3) is 0.217. The van der Waals surface area contributed by atoms with Crippen molar-refractivity contribution in [1.29, 1.82) is 0 Å². The van der Waals surface area contributed by atoms with Gasteiger partial charge in [0, 0.05) is 7.05 Å². The van der Waals surface area contributed by atoms with Crippen LogP contribution in [-0.4, -0.2) is 43.6 Å². The van der Waals surface area contributed by atoms with Crippen molar-refractivity contribution in [3.63, 3.8) is 0 Å². The van der Waals surface area contributed by atoms with Crippen LogP contribution in [0.15, 0.2) is 77.4 Å². The second kappa shape index (κ2) is 10.7. The summed E-state index contributed by atoms with van der Waals surface area (Å²) in [6, 6.07) is 19.6. The number of furan rings is 1. The van der Waals surface area contributed by atoms with Crippen LogP contribution in [0.25, 0.3) is 0 Å². The van der Waals surface area contributed by atoms with Crippen LogP contribution in [-0.2, 0) is 16.1 Å². The van der Waals surface area contributed by atoms with Gasteiger partial charge in [0.1, 0.15) is 36.0 Å². The third kappa shape index (κ3) is 6.13. The molecular formula is C23H23NO6. The summed E-state index contributed by atoms with van der Waals surface area (Å²) in [5, 5.41) is 0. The van der Waals surface area contributed by atoms with E-state index in [0.29, 0.717) is 24.7 Å². The molecule has 0 aliphatic carbocycles. The Hall–Kier alpha value is -3.74. The molecule has 0 spiro atoms. The summed E-state index contributed by atoms with van der Waals surface area (Å²) >= 11 is 0. The van der Waals surface area contributed by atoms with Gasteiger partial charge in [0.15, 0.2) is 6.61 Å². The molecule has 156 valence electrons. The van der Waals surface area contributed by atoms with Gasteiger partial charge < -0.3 is 23.5 Å². The van der Waals surface area contributed by atoms with Gasteiger partial charge in [-0.2, -0.15) is 0 Å². The fourth-order valence-corrected chi connectivity index (χ4v) is 2.63. The van der Waals surface area contributed by atoms with Crippen LogP contribution in [0.4, 0.5) is 0 Å². The largest absolute Gasteiger partial charge is 0.490 e. The number of hydrogen-bond acceptors (Lipinski definition) is 6. The fourth-order valence-electron chi connectivity index (χ4n) is 2.63. The summed E-state index contributed by atoms with van der Waals surface area (Å²) in [5.41, 5.74) is 0.249. The van der Waals surface area contributed by atoms with E-state index in [1.807, 2.05) is 30.3 Å². The van der Waals surface area contributed by atoms with E-state index >= 15 is 0 Å². The highest BCUT2D eigenvalue weighted by Crippen LogP contribution is 2.19. The van der Waals surface area contributed by atoms with Crippen LogP contribution in [0, 0.1) is 0 Å². The van der Waals surface area contributed by atoms with Crippen LogP contribution in [0.3, 0.4) is 0 Å². The minimum atomic E-state index is -0.630. The predicted molar refractivity (Wildman–Crippen MR) is 109 cm³/mol. The molecule has 1 amide bonds. The Bertz CT molecular complexity index is 939. The molecule has 1 heterocycles. The molecule has 0 atom stereocenters. The van der Waals surface area contributed by atoms with E-state index in [2.05, 4.69) is 0 Å². The Labute approximate surface area is 174 Å². The van der Waals surface area contributed by atoms with Gasteiger partial charge in [-0.05, 0) is 36.4 Å². The smallest absolute Gasteiger partial charge is 0.342 e. The number of carbonyl (C=O) groups excluding carboxylic acids is 2. The summed E-state index contributed by atoms with van der Waals surface area (Å²) in [7, 11) is 1.61. The number of ether oxygens (including phenoxy) is 3. The number of carbonyl (C=O) groups is 2. The van der Waals surface area contributed by atoms with Gasteiger partial charge in [-0.25, -0.2) is 4.79 Å². The van der Waals surface area contributed by atoms with Crippen LogP contribution in [0.5, 0.6) is 11.5 Å². The summed E-state index contributed by atoms with van der Waals surface area (Å²) in [4.78, 5) is 26.1. The highest BCUT2D eigenvalue weighted by atomic mass is 16.5. The quantitative estimate of drug-likeness (QED) is 0.376. The molecule has 0 radical (unpaired) electrons. The number of amides is 1. The molecule has 0 bridgehead atoms. The van der Waals surface area contributed by atoms with E-state index in [1.165, 1.54) is 11.2 Å². The SMILES string of the molecule is CN(Cc1ccco1)C(=O)COC(=O)c1ccccc1OCCOc1ccccc1. The maximum atomic E-state index is 12.4. The van der Waals surface area contributed by atoms with Gasteiger partial charge in [-0.3, -0.25) is 4.79 Å². The van der Waals surface area contributed by atoms with Crippen molar-refractivity contribution in [3.8, 4) is 11.5 Å². The molecule has 1 aromatic heterocycles. The zero-order chi connectivity index (χ0) is 21.2. The zero-order valence-electron chi connectivity index (χ0n) is 16.7. The highest BCUT2D eigenvalue weighted by molar-refractivity contribution is 5.93. The lowest BCUT2D eigenvalue weighted by atomic mass is 10.2. The molecule has 0 N–H and O–H groups in total. The standard InChI is InChI=1S/C23H23NO6/c1-24(16-19-10-7-13-27-19)22(25)17-30-23(26)20-11-5-6-12-21(20)29-15-14-28-18-8-3-2-4-9-18/h2-13H,14-17H2,1H3. The lowest BCUT2D eigenvalue weighted by Crippen LogP contribution is -2.30. The molecule has 7 nitrogen and oxygen atoms in total. The van der Waals surface area contributed by atoms with E-state index in [1.54, 1.807) is 43.4 Å². The van der Waals surface area contributed by atoms with Gasteiger partial charge in [0.2, 0.25) is 0 Å². The second-order valence-corrected chi connectivity index (χ2v) is 6.41. The van der Waals surface area contributed by atoms with E-state index in [0.717, 1.165) is 5.75 Å². The maximum absolute atomic E-state index is 12.4. The molecule has 0 fully saturated rings. The normalized spacial score (nSPS) is 10.3. The highest BCUT2D eigenvalue weighted by Gasteiger charge is 2.17. The summed E-state index contributed by atoms with van der Waals surface area (Å²) in [6.07, 6.45) is 1.54. The minimum absolute atomic E-state index is 0.249. The number of esters is 1. The topological polar surface area (TPSA) is 78.2 Å². The van der Waals surface area contributed by atoms with Crippen molar-refractivity contribution in [2.45, 2.75) is 6.54 Å². The number of likely N-dealkylation sites (N-methyl/N-ethyl adjacent to an activating group) is 1. The Balaban J connectivity index is 1.47. The summed E-state index contributed by atoms with van der Waals surface area (Å²) < 4.78 is 21.6. The van der Waals surface area contributed by atoms with Crippen LogP contribution in [0.2, 0.25) is 0 Å². The van der Waals surface area contributed by atoms with Crippen molar-refractivity contribution in [3.05, 3.63) is 84.3 Å². The third-order valence-electron chi connectivity index (χ3n) is 4.19. The molecule has 7 heteroatoms. The number of para-hydroxylation sites is 2. The van der Waals surface area contributed by atoms with Crippen molar-refractivity contribution in [1.82, 2.24) is 4.90 Å². The van der Waals surface area contributed by atoms with Gasteiger partial charge >= 0.3 is 5.97 Å². The number of hydrogen-bond donors (Lipinski definition) is 0. The second-order valence-electron chi connectivity index (χ2n) is 6.41. The summed E-state index contributed by atoms with van der Waals surface area (Å²) in [5.74, 6) is 0.791. The lowest BCUT2D eigenvalue weighted by Gasteiger charge is -2.16. The van der Waals surface area contributed by atoms with Gasteiger partial charge in [0.25, 0.3) is 5.91 Å².